The van der Waals surface area contributed by atoms with Crippen molar-refractivity contribution in [2.45, 2.75) is 32.9 Å². The van der Waals surface area contributed by atoms with E-state index in [0.717, 1.165) is 26.2 Å². The van der Waals surface area contributed by atoms with Gasteiger partial charge in [-0.25, -0.2) is 0 Å². The highest BCUT2D eigenvalue weighted by Gasteiger charge is 2.15. The molecular weight excluding hydrogens is 220 g/mol. The molecule has 0 saturated carbocycles. The lowest BCUT2D eigenvalue weighted by Crippen LogP contribution is -2.30. The van der Waals surface area contributed by atoms with Crippen LogP contribution in [0, 0.1) is 0 Å². The third kappa shape index (κ3) is 2.50. The summed E-state index contributed by atoms with van der Waals surface area (Å²) in [7, 11) is 0. The lowest BCUT2D eigenvalue weighted by Gasteiger charge is -2.28. The van der Waals surface area contributed by atoms with Gasteiger partial charge < -0.3 is 5.32 Å². The molecule has 0 atom stereocenters. The average molecular weight is 242 g/mol. The van der Waals surface area contributed by atoms with Crippen molar-refractivity contribution in [2.75, 3.05) is 19.6 Å². The number of hydrogen-bond acceptors (Lipinski definition) is 2. The third-order valence-electron chi connectivity index (χ3n) is 4.15. The van der Waals surface area contributed by atoms with E-state index >= 15 is 0 Å². The number of benzene rings is 1. The van der Waals surface area contributed by atoms with Crippen molar-refractivity contribution >= 4 is 0 Å². The zero-order valence-electron chi connectivity index (χ0n) is 11.2. The molecule has 0 unspecified atom stereocenters. The maximum atomic E-state index is 3.45. The van der Waals surface area contributed by atoms with Crippen LogP contribution < -0.4 is 5.32 Å². The van der Waals surface area contributed by atoms with E-state index < -0.39 is 0 Å². The minimum Gasteiger partial charge on any atom is -0.312 e. The van der Waals surface area contributed by atoms with Crippen LogP contribution in [0.3, 0.4) is 0 Å². The predicted octanol–water partition coefficient (Wildman–Crippen LogP) is 2.48. The molecule has 0 bridgehead atoms. The largest absolute Gasteiger partial charge is 0.312 e. The zero-order chi connectivity index (χ0) is 12.4. The summed E-state index contributed by atoms with van der Waals surface area (Å²) in [6, 6.07) is 6.80. The van der Waals surface area contributed by atoms with E-state index in [1.54, 1.807) is 16.7 Å². The summed E-state index contributed by atoms with van der Waals surface area (Å²) in [6.07, 6.45) is 4.80. The van der Waals surface area contributed by atoms with Gasteiger partial charge in [0.15, 0.2) is 0 Å². The highest BCUT2D eigenvalue weighted by atomic mass is 15.1. The second kappa shape index (κ2) is 5.25. The molecule has 2 heteroatoms. The molecule has 2 aliphatic rings. The van der Waals surface area contributed by atoms with Gasteiger partial charge in [-0.2, -0.15) is 0 Å². The van der Waals surface area contributed by atoms with Crippen LogP contribution >= 0.6 is 0 Å². The number of nitrogens with one attached hydrogen (secondary N) is 1. The Morgan fingerprint density at radius 1 is 1.28 bits per heavy atom. The Labute approximate surface area is 110 Å². The number of fused-ring (bicyclic) bond motifs is 1. The molecule has 2 aliphatic heterocycles. The van der Waals surface area contributed by atoms with Crippen molar-refractivity contribution < 1.29 is 0 Å². The third-order valence-corrected chi connectivity index (χ3v) is 4.15. The van der Waals surface area contributed by atoms with E-state index in [1.165, 1.54) is 24.9 Å². The van der Waals surface area contributed by atoms with Crippen LogP contribution in [0.25, 0.3) is 0 Å². The zero-order valence-corrected chi connectivity index (χ0v) is 11.2. The summed E-state index contributed by atoms with van der Waals surface area (Å²) in [5.41, 5.74) is 6.19. The lowest BCUT2D eigenvalue weighted by atomic mass is 9.95. The lowest BCUT2D eigenvalue weighted by molar-refractivity contribution is 0.285. The summed E-state index contributed by atoms with van der Waals surface area (Å²) in [5, 5.41) is 3.45. The Balaban J connectivity index is 1.77. The number of nitrogens with zero attached hydrogens (tertiary/aromatic N) is 1. The van der Waals surface area contributed by atoms with E-state index in [2.05, 4.69) is 41.4 Å². The monoisotopic (exact) mass is 242 g/mol. The van der Waals surface area contributed by atoms with Crippen molar-refractivity contribution in [3.63, 3.8) is 0 Å². The van der Waals surface area contributed by atoms with Crippen molar-refractivity contribution in [1.82, 2.24) is 10.2 Å². The van der Waals surface area contributed by atoms with Gasteiger partial charge in [0.25, 0.3) is 0 Å². The number of hydrogen-bond donors (Lipinski definition) is 1. The fourth-order valence-corrected chi connectivity index (χ4v) is 2.96. The average Bonchev–Trinajstić information content (AvgIpc) is 2.42. The van der Waals surface area contributed by atoms with Crippen molar-refractivity contribution in [3.8, 4) is 0 Å². The van der Waals surface area contributed by atoms with Crippen LogP contribution in [0.4, 0.5) is 0 Å². The van der Waals surface area contributed by atoms with Crippen molar-refractivity contribution in [1.29, 1.82) is 0 Å². The highest BCUT2D eigenvalue weighted by Crippen LogP contribution is 2.21. The summed E-state index contributed by atoms with van der Waals surface area (Å²) < 4.78 is 0. The molecule has 1 aromatic rings. The predicted molar refractivity (Wildman–Crippen MR) is 75.5 cm³/mol. The molecule has 18 heavy (non-hydrogen) atoms. The first-order valence-corrected chi connectivity index (χ1v) is 7.01. The van der Waals surface area contributed by atoms with E-state index in [4.69, 9.17) is 0 Å². The molecule has 0 aromatic heterocycles. The van der Waals surface area contributed by atoms with Crippen LogP contribution in [0.2, 0.25) is 0 Å². The first kappa shape index (κ1) is 11.9. The quantitative estimate of drug-likeness (QED) is 0.802. The molecular formula is C16H22N2. The van der Waals surface area contributed by atoms with Gasteiger partial charge in [-0.05, 0) is 43.0 Å². The minimum absolute atomic E-state index is 1.04. The summed E-state index contributed by atoms with van der Waals surface area (Å²) in [4.78, 5) is 2.56. The Hall–Kier alpha value is -1.12. The molecule has 1 N–H and O–H groups in total. The maximum absolute atomic E-state index is 3.45. The van der Waals surface area contributed by atoms with E-state index in [9.17, 15) is 0 Å². The molecule has 0 saturated heterocycles. The van der Waals surface area contributed by atoms with Gasteiger partial charge in [0.05, 0.1) is 0 Å². The highest BCUT2D eigenvalue weighted by molar-refractivity contribution is 5.37. The van der Waals surface area contributed by atoms with Gasteiger partial charge in [-0.3, -0.25) is 4.90 Å². The van der Waals surface area contributed by atoms with Gasteiger partial charge in [-0.15, -0.1) is 0 Å². The van der Waals surface area contributed by atoms with Crippen LogP contribution in [0.5, 0.6) is 0 Å². The first-order valence-electron chi connectivity index (χ1n) is 7.01. The fraction of sp³-hybridized carbons (Fsp3) is 0.500. The molecule has 0 radical (unpaired) electrons. The molecule has 96 valence electrons. The fourth-order valence-electron chi connectivity index (χ4n) is 2.96. The molecule has 2 heterocycles. The Kier molecular flexibility index (Phi) is 3.48. The molecule has 3 rings (SSSR count). The summed E-state index contributed by atoms with van der Waals surface area (Å²) in [6.45, 7) is 7.86. The Morgan fingerprint density at radius 3 is 3.06 bits per heavy atom. The van der Waals surface area contributed by atoms with Crippen molar-refractivity contribution in [3.05, 3.63) is 46.5 Å². The molecule has 0 amide bonds. The smallest absolute Gasteiger partial charge is 0.0240 e. The van der Waals surface area contributed by atoms with Crippen LogP contribution in [-0.2, 0) is 19.5 Å². The van der Waals surface area contributed by atoms with Crippen LogP contribution in [0.1, 0.15) is 30.0 Å². The topological polar surface area (TPSA) is 15.3 Å². The van der Waals surface area contributed by atoms with Crippen LogP contribution in [0.15, 0.2) is 29.8 Å². The SMILES string of the molecule is CC1=CCN(Cc2cccc3c2CCNC3)CC1. The molecule has 2 nitrogen and oxygen atoms in total. The number of rotatable bonds is 2. The molecule has 0 aliphatic carbocycles. The van der Waals surface area contributed by atoms with Gasteiger partial charge in [-0.1, -0.05) is 29.8 Å². The summed E-state index contributed by atoms with van der Waals surface area (Å²) in [5.74, 6) is 0. The van der Waals surface area contributed by atoms with Crippen LogP contribution in [-0.4, -0.2) is 24.5 Å². The van der Waals surface area contributed by atoms with E-state index in [1.807, 2.05) is 0 Å². The maximum Gasteiger partial charge on any atom is 0.0240 e. The second-order valence-corrected chi connectivity index (χ2v) is 5.52. The Bertz CT molecular complexity index is 462. The van der Waals surface area contributed by atoms with Crippen molar-refractivity contribution in [2.24, 2.45) is 0 Å². The Morgan fingerprint density at radius 2 is 2.22 bits per heavy atom. The first-order chi connectivity index (χ1) is 8.83. The second-order valence-electron chi connectivity index (χ2n) is 5.52. The van der Waals surface area contributed by atoms with Gasteiger partial charge >= 0.3 is 0 Å². The minimum atomic E-state index is 1.04. The molecule has 0 fully saturated rings. The van der Waals surface area contributed by atoms with Gasteiger partial charge in [0.1, 0.15) is 0 Å². The molecule has 0 spiro atoms. The van der Waals surface area contributed by atoms with Gasteiger partial charge in [0, 0.05) is 26.2 Å². The molecule has 1 aromatic carbocycles. The van der Waals surface area contributed by atoms with E-state index in [-0.39, 0.29) is 0 Å². The normalized spacial score (nSPS) is 20.4. The van der Waals surface area contributed by atoms with E-state index in [0.29, 0.717) is 0 Å². The summed E-state index contributed by atoms with van der Waals surface area (Å²) >= 11 is 0. The van der Waals surface area contributed by atoms with Gasteiger partial charge in [0.2, 0.25) is 0 Å². The standard InChI is InChI=1S/C16H22N2/c1-13-6-9-18(10-7-13)12-15-4-2-3-14-11-17-8-5-16(14)15/h2-4,6,17H,5,7-12H2,1H3.